The van der Waals surface area contributed by atoms with Crippen molar-refractivity contribution < 1.29 is 14.9 Å². The molecule has 10 aliphatic rings. The van der Waals surface area contributed by atoms with Crippen molar-refractivity contribution in [2.75, 3.05) is 52.5 Å². The molecule has 6 saturated carbocycles. The number of piperidine rings is 1. The van der Waals surface area contributed by atoms with Crippen LogP contribution < -0.4 is 0 Å². The summed E-state index contributed by atoms with van der Waals surface area (Å²) < 4.78 is 5.54. The van der Waals surface area contributed by atoms with Crippen LogP contribution in [-0.4, -0.2) is 83.7 Å². The van der Waals surface area contributed by atoms with Crippen LogP contribution in [0.2, 0.25) is 0 Å². The first kappa shape index (κ1) is 42.1. The number of rotatable bonds is 6. The number of aliphatic hydroxyl groups is 2. The Hall–Kier alpha value is -1.24. The summed E-state index contributed by atoms with van der Waals surface area (Å²) >= 11 is 0. The maximum absolute atomic E-state index is 10.6. The van der Waals surface area contributed by atoms with Gasteiger partial charge in [-0.2, -0.15) is 0 Å². The Morgan fingerprint density at radius 2 is 1.03 bits per heavy atom. The maximum Gasteiger partial charge on any atom is 0.0657 e. The van der Waals surface area contributed by atoms with Crippen LogP contribution in [0.25, 0.3) is 0 Å². The van der Waals surface area contributed by atoms with Crippen LogP contribution >= 0.6 is 0 Å². The van der Waals surface area contributed by atoms with Gasteiger partial charge in [0.25, 0.3) is 0 Å². The number of ether oxygens (including phenoxy) is 1. The number of hydrogen-bond acceptors (Lipinski definition) is 5. The van der Waals surface area contributed by atoms with Crippen molar-refractivity contribution in [1.29, 1.82) is 0 Å². The topological polar surface area (TPSA) is 56.2 Å². The van der Waals surface area contributed by atoms with Crippen molar-refractivity contribution in [3.63, 3.8) is 0 Å². The molecule has 2 N–H and O–H groups in total. The predicted octanol–water partition coefficient (Wildman–Crippen LogP) is 10.8. The molecule has 58 heavy (non-hydrogen) atoms. The van der Waals surface area contributed by atoms with Crippen LogP contribution in [0.1, 0.15) is 150 Å². The summed E-state index contributed by atoms with van der Waals surface area (Å²) in [7, 11) is 0. The van der Waals surface area contributed by atoms with E-state index in [1.54, 1.807) is 16.7 Å². The van der Waals surface area contributed by atoms with E-state index in [1.165, 1.54) is 115 Å². The van der Waals surface area contributed by atoms with Crippen LogP contribution in [0, 0.1) is 70.0 Å². The molecule has 5 heteroatoms. The molecule has 0 amide bonds. The van der Waals surface area contributed by atoms with Crippen LogP contribution in [0.15, 0.2) is 47.6 Å². The molecule has 0 radical (unpaired) electrons. The second-order valence-electron chi connectivity index (χ2n) is 23.4. The molecule has 0 unspecified atom stereocenters. The molecular formula is C53H84N2O3. The van der Waals surface area contributed by atoms with Gasteiger partial charge in [-0.05, 0) is 213 Å². The van der Waals surface area contributed by atoms with Crippen LogP contribution in [-0.2, 0) is 4.74 Å². The van der Waals surface area contributed by atoms with Gasteiger partial charge in [0.2, 0.25) is 0 Å². The molecule has 8 fully saturated rings. The monoisotopic (exact) mass is 797 g/mol. The van der Waals surface area contributed by atoms with Gasteiger partial charge < -0.3 is 14.9 Å². The molecule has 5 nitrogen and oxygen atoms in total. The van der Waals surface area contributed by atoms with E-state index in [1.807, 2.05) is 13.8 Å². The van der Waals surface area contributed by atoms with Crippen molar-refractivity contribution in [2.24, 2.45) is 70.0 Å². The number of nitrogens with zero attached hydrogens (tertiary/aromatic N) is 2. The fourth-order valence-corrected chi connectivity index (χ4v) is 16.9. The van der Waals surface area contributed by atoms with E-state index in [9.17, 15) is 10.2 Å². The second-order valence-corrected chi connectivity index (χ2v) is 23.4. The number of likely N-dealkylation sites (tertiary alicyclic amines) is 1. The highest BCUT2D eigenvalue weighted by atomic mass is 16.5. The minimum Gasteiger partial charge on any atom is -0.390 e. The van der Waals surface area contributed by atoms with Gasteiger partial charge >= 0.3 is 0 Å². The van der Waals surface area contributed by atoms with Gasteiger partial charge in [0.15, 0.2) is 0 Å². The first-order valence-electron chi connectivity index (χ1n) is 25.0. The normalized spacial score (nSPS) is 47.7. The third-order valence-corrected chi connectivity index (χ3v) is 19.8. The average Bonchev–Trinajstić information content (AvgIpc) is 3.75. The molecule has 324 valence electrons. The van der Waals surface area contributed by atoms with Crippen molar-refractivity contribution in [1.82, 2.24) is 9.80 Å². The molecule has 0 bridgehead atoms. The lowest BCUT2D eigenvalue weighted by Crippen LogP contribution is -2.48. The zero-order chi connectivity index (χ0) is 40.5. The Labute approximate surface area is 354 Å². The Bertz CT molecular complexity index is 1460. The molecule has 8 aliphatic carbocycles. The lowest BCUT2D eigenvalue weighted by atomic mass is 9.51. The zero-order valence-corrected chi connectivity index (χ0v) is 37.6. The van der Waals surface area contributed by atoms with Crippen LogP contribution in [0.4, 0.5) is 0 Å². The summed E-state index contributed by atoms with van der Waals surface area (Å²) in [5, 5.41) is 21.1. The highest BCUT2D eigenvalue weighted by Gasteiger charge is 2.58. The van der Waals surface area contributed by atoms with Gasteiger partial charge in [-0.1, -0.05) is 67.9 Å². The van der Waals surface area contributed by atoms with Gasteiger partial charge in [-0.3, -0.25) is 9.80 Å². The minimum absolute atomic E-state index is 0.454. The molecule has 0 aromatic carbocycles. The van der Waals surface area contributed by atoms with Crippen LogP contribution in [0.3, 0.4) is 0 Å². The smallest absolute Gasteiger partial charge is 0.0657 e. The lowest BCUT2D eigenvalue weighted by molar-refractivity contribution is -0.0300. The molecule has 0 aromatic rings. The Kier molecular flexibility index (Phi) is 11.9. The number of allylic oxidation sites excluding steroid dienone is 2. The van der Waals surface area contributed by atoms with E-state index in [4.69, 9.17) is 4.74 Å². The van der Waals surface area contributed by atoms with E-state index in [0.717, 1.165) is 118 Å². The van der Waals surface area contributed by atoms with E-state index in [0.29, 0.717) is 16.7 Å². The minimum atomic E-state index is -0.464. The summed E-state index contributed by atoms with van der Waals surface area (Å²) in [6.07, 6.45) is 29.2. The molecule has 2 saturated heterocycles. The molecule has 14 atom stereocenters. The van der Waals surface area contributed by atoms with Gasteiger partial charge in [0.1, 0.15) is 0 Å². The van der Waals surface area contributed by atoms with E-state index >= 15 is 0 Å². The molecule has 2 aliphatic heterocycles. The van der Waals surface area contributed by atoms with Crippen LogP contribution in [0.5, 0.6) is 0 Å². The van der Waals surface area contributed by atoms with E-state index in [2.05, 4.69) is 49.0 Å². The molecule has 0 aromatic heterocycles. The third-order valence-electron chi connectivity index (χ3n) is 19.8. The Morgan fingerprint density at radius 3 is 1.50 bits per heavy atom. The Balaban J connectivity index is 0.000000150. The number of fused-ring (bicyclic) bond motifs is 10. The summed E-state index contributed by atoms with van der Waals surface area (Å²) in [4.78, 5) is 5.23. The second kappa shape index (κ2) is 16.5. The summed E-state index contributed by atoms with van der Waals surface area (Å²) in [5.74, 6) is 8.25. The summed E-state index contributed by atoms with van der Waals surface area (Å²) in [5.41, 5.74) is 6.27. The van der Waals surface area contributed by atoms with Gasteiger partial charge in [-0.25, -0.2) is 0 Å². The van der Waals surface area contributed by atoms with Gasteiger partial charge in [0.05, 0.1) is 24.4 Å². The first-order valence-corrected chi connectivity index (χ1v) is 25.0. The lowest BCUT2D eigenvalue weighted by Gasteiger charge is -2.54. The fourth-order valence-electron chi connectivity index (χ4n) is 16.9. The predicted molar refractivity (Wildman–Crippen MR) is 238 cm³/mol. The fraction of sp³-hybridized carbons (Fsp3) is 0.849. The highest BCUT2D eigenvalue weighted by molar-refractivity contribution is 5.25. The van der Waals surface area contributed by atoms with Gasteiger partial charge in [0, 0.05) is 26.2 Å². The summed E-state index contributed by atoms with van der Waals surface area (Å²) in [6, 6.07) is 0. The highest BCUT2D eigenvalue weighted by Crippen LogP contribution is 2.66. The van der Waals surface area contributed by atoms with E-state index in [-0.39, 0.29) is 0 Å². The molecular weight excluding hydrogens is 713 g/mol. The molecule has 10 rings (SSSR count). The molecule has 2 heterocycles. The van der Waals surface area contributed by atoms with E-state index < -0.39 is 11.2 Å². The first-order chi connectivity index (χ1) is 27.7. The maximum atomic E-state index is 10.6. The summed E-state index contributed by atoms with van der Waals surface area (Å²) in [6.45, 7) is 27.3. The van der Waals surface area contributed by atoms with Gasteiger partial charge in [-0.15, -0.1) is 0 Å². The average molecular weight is 797 g/mol. The standard InChI is InChI=1S/C27H43NO.C26H41NO2/c1-19(18-28-15-5-4-6-16-28)24-9-10-25-23-8-7-20-17-26(2,29)13-11-21(20)22(23)12-14-27(24,25)3;1-18(17-27-12-14-29-15-13-27)23-6-7-24-22-5-4-19-16-25(2,28)10-8-20(19)21(22)9-11-26(23,24)3/h7,21-25,29H,1,4-6,8-18H2,2-3H3;4,20-24,28H,1,5-17H2,2-3H3/t21-,22+,23+,24+,25-,26-,27+;20-,21+,22+,23+,24-,25-,26+/m00/s1. The largest absolute Gasteiger partial charge is 0.390 e. The third kappa shape index (κ3) is 7.99. The zero-order valence-electron chi connectivity index (χ0n) is 37.6. The van der Waals surface area contributed by atoms with Crippen molar-refractivity contribution >= 4 is 0 Å². The Morgan fingerprint density at radius 1 is 0.586 bits per heavy atom. The van der Waals surface area contributed by atoms with Crippen molar-refractivity contribution in [3.8, 4) is 0 Å². The van der Waals surface area contributed by atoms with Crippen molar-refractivity contribution in [3.05, 3.63) is 47.6 Å². The quantitative estimate of drug-likeness (QED) is 0.262. The SMILES string of the molecule is C=C(CN1CCCCC1)[C@H]1CC[C@H]2[C@@H]3CC=C4C[C@@](C)(O)CC[C@@H]4[C@H]3CC[C@]12C.C=C(CN1CCOCC1)[C@H]1CC[C@H]2[C@@H]3CC=C4C[C@@](C)(O)CC[C@@H]4[C@H]3CC[C@]12C. The number of hydrogen-bond donors (Lipinski definition) is 2. The molecule has 0 spiro atoms. The number of morpholine rings is 1. The van der Waals surface area contributed by atoms with Crippen molar-refractivity contribution in [2.45, 2.75) is 161 Å².